The van der Waals surface area contributed by atoms with Gasteiger partial charge in [0, 0.05) is 50.6 Å². The van der Waals surface area contributed by atoms with Crippen molar-refractivity contribution in [3.8, 4) is 0 Å². The third-order valence-electron chi connectivity index (χ3n) is 5.77. The van der Waals surface area contributed by atoms with Crippen molar-refractivity contribution < 1.29 is 22.4 Å². The van der Waals surface area contributed by atoms with Crippen LogP contribution in [0.1, 0.15) is 29.8 Å². The van der Waals surface area contributed by atoms with Gasteiger partial charge in [-0.15, -0.1) is 0 Å². The third kappa shape index (κ3) is 4.83. The normalized spacial score (nSPS) is 19.8. The average molecular weight is 519 g/mol. The molecule has 0 saturated carbocycles. The number of aromatic nitrogens is 1. The minimum absolute atomic E-state index is 0.0586. The smallest absolute Gasteiger partial charge is 0.367 e. The van der Waals surface area contributed by atoms with E-state index >= 15 is 0 Å². The van der Waals surface area contributed by atoms with E-state index in [9.17, 15) is 27.2 Å². The van der Waals surface area contributed by atoms with E-state index in [1.165, 1.54) is 19.2 Å². The molecule has 0 bridgehead atoms. The van der Waals surface area contributed by atoms with E-state index in [0.29, 0.717) is 24.8 Å². The first-order valence-corrected chi connectivity index (χ1v) is 10.6. The summed E-state index contributed by atoms with van der Waals surface area (Å²) in [6.45, 7) is 5.10. The molecule has 2 heterocycles. The number of pyridine rings is 1. The van der Waals surface area contributed by atoms with Gasteiger partial charge in [-0.2, -0.15) is 13.2 Å². The van der Waals surface area contributed by atoms with Crippen molar-refractivity contribution in [1.29, 1.82) is 0 Å². The number of alkyl halides is 3. The molecule has 1 amide bonds. The number of carbonyl (C=O) groups is 1. The van der Waals surface area contributed by atoms with Gasteiger partial charge in [-0.3, -0.25) is 14.5 Å². The number of nitrogens with one attached hydrogen (secondary N) is 1. The molecule has 2 aromatic rings. The number of rotatable bonds is 3. The molecule has 11 heteroatoms. The van der Waals surface area contributed by atoms with Gasteiger partial charge in [0.1, 0.15) is 5.82 Å². The number of amides is 1. The first kappa shape index (κ1) is 24.2. The third-order valence-corrected chi connectivity index (χ3v) is 6.37. The average Bonchev–Trinajstić information content (AvgIpc) is 2.69. The number of hydrogen-bond acceptors (Lipinski definition) is 4. The van der Waals surface area contributed by atoms with Crippen LogP contribution in [0.25, 0.3) is 0 Å². The van der Waals surface area contributed by atoms with Crippen molar-refractivity contribution in [2.75, 3.05) is 30.4 Å². The Balaban J connectivity index is 2.03. The zero-order chi connectivity index (χ0) is 24.0. The van der Waals surface area contributed by atoms with E-state index in [1.54, 1.807) is 0 Å². The number of piperazine rings is 1. The molecule has 0 radical (unpaired) electrons. The van der Waals surface area contributed by atoms with E-state index in [4.69, 9.17) is 0 Å². The Bertz CT molecular complexity index is 1090. The lowest BCUT2D eigenvalue weighted by Gasteiger charge is -2.44. The van der Waals surface area contributed by atoms with E-state index in [2.05, 4.69) is 26.1 Å². The molecule has 2 atom stereocenters. The van der Waals surface area contributed by atoms with Crippen molar-refractivity contribution in [3.05, 3.63) is 56.2 Å². The number of nitrogens with zero attached hydrogens (tertiary/aromatic N) is 3. The monoisotopic (exact) mass is 518 g/mol. The largest absolute Gasteiger partial charge is 0.417 e. The lowest BCUT2D eigenvalue weighted by molar-refractivity contribution is -0.138. The highest BCUT2D eigenvalue weighted by atomic mass is 79.9. The summed E-state index contributed by atoms with van der Waals surface area (Å²) in [5.74, 6) is -1.61. The van der Waals surface area contributed by atoms with Gasteiger partial charge in [0.25, 0.3) is 11.5 Å². The quantitative estimate of drug-likeness (QED) is 0.622. The summed E-state index contributed by atoms with van der Waals surface area (Å²) >= 11 is 3.07. The molecule has 1 aliphatic rings. The maximum atomic E-state index is 14.4. The number of carbonyl (C=O) groups excluding carboxylic acids is 1. The number of anilines is 2. The minimum atomic E-state index is -4.89. The van der Waals surface area contributed by atoms with Gasteiger partial charge in [0.2, 0.25) is 0 Å². The summed E-state index contributed by atoms with van der Waals surface area (Å²) in [6, 6.07) is 3.23. The number of halogens is 5. The molecule has 1 aliphatic heterocycles. The summed E-state index contributed by atoms with van der Waals surface area (Å²) in [5.41, 5.74) is -2.40. The topological polar surface area (TPSA) is 57.6 Å². The highest BCUT2D eigenvalue weighted by Crippen LogP contribution is 2.35. The van der Waals surface area contributed by atoms with Crippen molar-refractivity contribution in [3.63, 3.8) is 0 Å². The van der Waals surface area contributed by atoms with Gasteiger partial charge in [-0.1, -0.05) is 0 Å². The van der Waals surface area contributed by atoms with Crippen LogP contribution in [0.4, 0.5) is 28.9 Å². The Morgan fingerprint density at radius 1 is 1.12 bits per heavy atom. The van der Waals surface area contributed by atoms with Crippen LogP contribution in [0.15, 0.2) is 33.7 Å². The Labute approximate surface area is 190 Å². The highest BCUT2D eigenvalue weighted by Gasteiger charge is 2.36. The Morgan fingerprint density at radius 3 is 2.28 bits per heavy atom. The maximum absolute atomic E-state index is 14.4. The zero-order valence-electron chi connectivity index (χ0n) is 17.9. The summed E-state index contributed by atoms with van der Waals surface area (Å²) in [5, 5.41) is 2.49. The van der Waals surface area contributed by atoms with E-state index < -0.39 is 34.6 Å². The molecular weight excluding hydrogens is 496 g/mol. The molecule has 1 N–H and O–H groups in total. The summed E-state index contributed by atoms with van der Waals surface area (Å²) in [6.07, 6.45) is -4.05. The van der Waals surface area contributed by atoms with Crippen LogP contribution in [0.5, 0.6) is 0 Å². The standard InChI is InChI=1S/C21H23BrF4N4O2/c1-11-8-30(9-12(2)29(11)4)18-7-16(23)15(22)6-17(18)27-20(32)13-10-28(3)19(31)5-14(13)21(24,25)26/h5-7,10-12H,8-9H2,1-4H3,(H,27,32)/t11-,12?/m0/s1. The predicted octanol–water partition coefficient (Wildman–Crippen LogP) is 4.09. The van der Waals surface area contributed by atoms with Crippen LogP contribution in [-0.4, -0.2) is 47.6 Å². The summed E-state index contributed by atoms with van der Waals surface area (Å²) < 4.78 is 55.7. The molecule has 174 valence electrons. The zero-order valence-corrected chi connectivity index (χ0v) is 19.5. The van der Waals surface area contributed by atoms with E-state index in [1.807, 2.05) is 25.8 Å². The molecule has 1 saturated heterocycles. The van der Waals surface area contributed by atoms with Gasteiger partial charge in [0.15, 0.2) is 0 Å². The second-order valence-electron chi connectivity index (χ2n) is 8.05. The molecule has 1 fully saturated rings. The van der Waals surface area contributed by atoms with Crippen molar-refractivity contribution in [2.24, 2.45) is 7.05 Å². The SMILES string of the molecule is CC1CN(c2cc(F)c(Br)cc2NC(=O)c2cn(C)c(=O)cc2C(F)(F)F)C[C@H](C)N1C. The number of likely N-dealkylation sites (N-methyl/N-ethyl adjacent to an activating group) is 1. The molecule has 0 spiro atoms. The second kappa shape index (κ2) is 8.86. The number of benzene rings is 1. The fourth-order valence-corrected chi connectivity index (χ4v) is 4.08. The van der Waals surface area contributed by atoms with Gasteiger partial charge in [-0.05, 0) is 42.9 Å². The fourth-order valence-electron chi connectivity index (χ4n) is 3.73. The van der Waals surface area contributed by atoms with Gasteiger partial charge in [-0.25, -0.2) is 4.39 Å². The Hall–Kier alpha value is -2.40. The first-order valence-electron chi connectivity index (χ1n) is 9.84. The van der Waals surface area contributed by atoms with Gasteiger partial charge in [0.05, 0.1) is 27.0 Å². The van der Waals surface area contributed by atoms with Crippen LogP contribution >= 0.6 is 15.9 Å². The number of hydrogen-bond donors (Lipinski definition) is 1. The van der Waals surface area contributed by atoms with Gasteiger partial charge < -0.3 is 14.8 Å². The second-order valence-corrected chi connectivity index (χ2v) is 8.91. The van der Waals surface area contributed by atoms with Crippen LogP contribution in [0, 0.1) is 5.82 Å². The molecule has 0 aliphatic carbocycles. The summed E-state index contributed by atoms with van der Waals surface area (Å²) in [4.78, 5) is 28.7. The van der Waals surface area contributed by atoms with Crippen molar-refractivity contribution in [1.82, 2.24) is 9.47 Å². The molecule has 3 rings (SSSR count). The van der Waals surface area contributed by atoms with Crippen LogP contribution in [-0.2, 0) is 13.2 Å². The first-order chi connectivity index (χ1) is 14.8. The Kier molecular flexibility index (Phi) is 6.71. The molecule has 1 aromatic carbocycles. The van der Waals surface area contributed by atoms with Crippen molar-refractivity contribution in [2.45, 2.75) is 32.1 Å². The lowest BCUT2D eigenvalue weighted by Crippen LogP contribution is -2.55. The van der Waals surface area contributed by atoms with Crippen LogP contribution in [0.3, 0.4) is 0 Å². The lowest BCUT2D eigenvalue weighted by atomic mass is 10.1. The molecule has 1 aromatic heterocycles. The summed E-state index contributed by atoms with van der Waals surface area (Å²) in [7, 11) is 3.24. The van der Waals surface area contributed by atoms with Gasteiger partial charge >= 0.3 is 6.18 Å². The van der Waals surface area contributed by atoms with Crippen molar-refractivity contribution >= 4 is 33.2 Å². The van der Waals surface area contributed by atoms with Crippen LogP contribution < -0.4 is 15.8 Å². The van der Waals surface area contributed by atoms with Crippen LogP contribution in [0.2, 0.25) is 0 Å². The highest BCUT2D eigenvalue weighted by molar-refractivity contribution is 9.10. The number of aryl methyl sites for hydroxylation is 1. The Morgan fingerprint density at radius 2 is 1.72 bits per heavy atom. The maximum Gasteiger partial charge on any atom is 0.417 e. The van der Waals surface area contributed by atoms with E-state index in [0.717, 1.165) is 10.8 Å². The minimum Gasteiger partial charge on any atom is -0.367 e. The molecule has 32 heavy (non-hydrogen) atoms. The molecule has 1 unspecified atom stereocenters. The van der Waals surface area contributed by atoms with E-state index in [-0.39, 0.29) is 22.2 Å². The molecule has 6 nitrogen and oxygen atoms in total. The fraction of sp³-hybridized carbons (Fsp3) is 0.429. The predicted molar refractivity (Wildman–Crippen MR) is 118 cm³/mol. The molecular formula is C21H23BrF4N4O2.